The van der Waals surface area contributed by atoms with Crippen molar-refractivity contribution < 1.29 is 14.6 Å². The molecular weight excluding hydrogens is 416 g/mol. The molecule has 1 saturated heterocycles. The summed E-state index contributed by atoms with van der Waals surface area (Å²) in [6, 6.07) is 9.51. The number of aromatic nitrogens is 1. The maximum atomic E-state index is 11.5. The highest BCUT2D eigenvalue weighted by Crippen LogP contribution is 2.38. The van der Waals surface area contributed by atoms with Gasteiger partial charge in [0, 0.05) is 49.5 Å². The number of nitrogens with one attached hydrogen (secondary N) is 1. The second-order valence-corrected chi connectivity index (χ2v) is 9.63. The summed E-state index contributed by atoms with van der Waals surface area (Å²) in [5.41, 5.74) is 3.21. The zero-order chi connectivity index (χ0) is 22.8. The van der Waals surface area contributed by atoms with Gasteiger partial charge in [0.1, 0.15) is 5.75 Å². The van der Waals surface area contributed by atoms with Crippen LogP contribution in [0.1, 0.15) is 60.4 Å². The highest BCUT2D eigenvalue weighted by Gasteiger charge is 2.31. The third-order valence-corrected chi connectivity index (χ3v) is 7.78. The van der Waals surface area contributed by atoms with E-state index < -0.39 is 5.97 Å². The Morgan fingerprint density at radius 3 is 2.76 bits per heavy atom. The molecular formula is C26H34N4O3. The van der Waals surface area contributed by atoms with Crippen molar-refractivity contribution in [1.29, 1.82) is 0 Å². The van der Waals surface area contributed by atoms with Gasteiger partial charge < -0.3 is 25.0 Å². The van der Waals surface area contributed by atoms with E-state index in [2.05, 4.69) is 45.3 Å². The number of nitrogens with zero attached hydrogens (tertiary/aromatic N) is 3. The molecule has 2 aromatic rings. The van der Waals surface area contributed by atoms with Crippen molar-refractivity contribution >= 4 is 17.3 Å². The predicted molar refractivity (Wildman–Crippen MR) is 130 cm³/mol. The number of fused-ring (bicyclic) bond motifs is 1. The third kappa shape index (κ3) is 4.64. The number of ether oxygens (including phenoxy) is 1. The first-order valence-corrected chi connectivity index (χ1v) is 12.2. The van der Waals surface area contributed by atoms with Gasteiger partial charge in [0.2, 0.25) is 0 Å². The minimum atomic E-state index is -0.945. The molecule has 2 N–H and O–H groups in total. The summed E-state index contributed by atoms with van der Waals surface area (Å²) in [7, 11) is 2.22. The standard InChI is InChI=1S/C26H34N4O3/c1-29(19-3-5-20(6-4-19)30-12-2-13-30)21-7-8-22-18(10-14-33-25(22)15-21)16-28-24-17-27-11-9-23(24)26(31)32/h7-9,11,15,17-20,28H,2-6,10,12-14,16H2,1H3,(H,31,32)/t18-,19?,20?/m0/s1. The molecule has 0 bridgehead atoms. The summed E-state index contributed by atoms with van der Waals surface area (Å²) in [5.74, 6) is 0.275. The van der Waals surface area contributed by atoms with E-state index in [0.717, 1.165) is 18.2 Å². The van der Waals surface area contributed by atoms with Crippen LogP contribution >= 0.6 is 0 Å². The van der Waals surface area contributed by atoms with Crippen LogP contribution in [0.5, 0.6) is 5.75 Å². The van der Waals surface area contributed by atoms with Crippen LogP contribution in [0.15, 0.2) is 36.7 Å². The lowest BCUT2D eigenvalue weighted by Gasteiger charge is -2.44. The molecule has 3 aliphatic rings. The molecule has 0 unspecified atom stereocenters. The number of likely N-dealkylation sites (tertiary alicyclic amines) is 1. The zero-order valence-corrected chi connectivity index (χ0v) is 19.4. The largest absolute Gasteiger partial charge is 0.493 e. The monoisotopic (exact) mass is 450 g/mol. The number of anilines is 2. The van der Waals surface area contributed by atoms with Crippen molar-refractivity contribution in [2.45, 2.75) is 56.5 Å². The summed E-state index contributed by atoms with van der Waals surface area (Å²) < 4.78 is 6.05. The van der Waals surface area contributed by atoms with Gasteiger partial charge in [-0.15, -0.1) is 0 Å². The van der Waals surface area contributed by atoms with Crippen LogP contribution in [0.25, 0.3) is 0 Å². The average molecular weight is 451 g/mol. The van der Waals surface area contributed by atoms with E-state index in [1.165, 1.54) is 68.7 Å². The third-order valence-electron chi connectivity index (χ3n) is 7.78. The first-order valence-electron chi connectivity index (χ1n) is 12.2. The molecule has 5 rings (SSSR count). The highest BCUT2D eigenvalue weighted by molar-refractivity contribution is 5.93. The van der Waals surface area contributed by atoms with Crippen molar-refractivity contribution in [1.82, 2.24) is 9.88 Å². The predicted octanol–water partition coefficient (Wildman–Crippen LogP) is 4.21. The summed E-state index contributed by atoms with van der Waals surface area (Å²) in [4.78, 5) is 20.6. The van der Waals surface area contributed by atoms with E-state index >= 15 is 0 Å². The second kappa shape index (κ2) is 9.59. The molecule has 3 heterocycles. The van der Waals surface area contributed by atoms with E-state index in [1.54, 1.807) is 6.20 Å². The first kappa shape index (κ1) is 22.0. The van der Waals surface area contributed by atoms with E-state index in [1.807, 2.05) is 0 Å². The van der Waals surface area contributed by atoms with Crippen LogP contribution in [0.2, 0.25) is 0 Å². The lowest BCUT2D eigenvalue weighted by molar-refractivity contribution is 0.0697. The fourth-order valence-electron chi connectivity index (χ4n) is 5.57. The van der Waals surface area contributed by atoms with Gasteiger partial charge in [0.25, 0.3) is 0 Å². The van der Waals surface area contributed by atoms with Crippen molar-refractivity contribution in [2.75, 3.05) is 43.5 Å². The topological polar surface area (TPSA) is 77.9 Å². The Balaban J connectivity index is 1.23. The molecule has 0 spiro atoms. The van der Waals surface area contributed by atoms with Gasteiger partial charge in [0.15, 0.2) is 0 Å². The van der Waals surface area contributed by atoms with E-state index in [-0.39, 0.29) is 11.5 Å². The van der Waals surface area contributed by atoms with Gasteiger partial charge in [-0.05, 0) is 69.3 Å². The lowest BCUT2D eigenvalue weighted by Crippen LogP contribution is -2.48. The Hall–Kier alpha value is -2.80. The number of pyridine rings is 1. The van der Waals surface area contributed by atoms with Gasteiger partial charge in [0.05, 0.1) is 24.1 Å². The number of carbonyl (C=O) groups is 1. The van der Waals surface area contributed by atoms with Gasteiger partial charge in [-0.25, -0.2) is 4.79 Å². The Morgan fingerprint density at radius 1 is 1.21 bits per heavy atom. The average Bonchev–Trinajstić information content (AvgIpc) is 2.81. The normalized spacial score (nSPS) is 24.8. The highest BCUT2D eigenvalue weighted by atomic mass is 16.5. The van der Waals surface area contributed by atoms with E-state index in [0.29, 0.717) is 24.9 Å². The molecule has 0 radical (unpaired) electrons. The van der Waals surface area contributed by atoms with E-state index in [9.17, 15) is 9.90 Å². The number of benzene rings is 1. The van der Waals surface area contributed by atoms with Gasteiger partial charge in [-0.3, -0.25) is 4.98 Å². The minimum Gasteiger partial charge on any atom is -0.493 e. The molecule has 33 heavy (non-hydrogen) atoms. The van der Waals surface area contributed by atoms with Gasteiger partial charge in [-0.2, -0.15) is 0 Å². The molecule has 2 fully saturated rings. The Kier molecular flexibility index (Phi) is 6.40. The van der Waals surface area contributed by atoms with Crippen LogP contribution < -0.4 is 15.0 Å². The maximum absolute atomic E-state index is 11.5. The van der Waals surface area contributed by atoms with Crippen LogP contribution in [0.3, 0.4) is 0 Å². The smallest absolute Gasteiger partial charge is 0.337 e. The van der Waals surface area contributed by atoms with Crippen molar-refractivity contribution in [3.63, 3.8) is 0 Å². The zero-order valence-electron chi connectivity index (χ0n) is 19.4. The molecule has 7 nitrogen and oxygen atoms in total. The number of aromatic carboxylic acids is 1. The van der Waals surface area contributed by atoms with Crippen LogP contribution in [0.4, 0.5) is 11.4 Å². The van der Waals surface area contributed by atoms with Crippen molar-refractivity contribution in [3.8, 4) is 5.75 Å². The summed E-state index contributed by atoms with van der Waals surface area (Å²) in [6.45, 7) is 3.91. The van der Waals surface area contributed by atoms with Crippen LogP contribution in [-0.4, -0.2) is 66.3 Å². The molecule has 2 aliphatic heterocycles. The molecule has 7 heteroatoms. The van der Waals surface area contributed by atoms with Crippen LogP contribution in [-0.2, 0) is 0 Å². The van der Waals surface area contributed by atoms with Crippen molar-refractivity contribution in [2.24, 2.45) is 0 Å². The van der Waals surface area contributed by atoms with Crippen LogP contribution in [0, 0.1) is 0 Å². The quantitative estimate of drug-likeness (QED) is 0.654. The maximum Gasteiger partial charge on any atom is 0.337 e. The van der Waals surface area contributed by atoms with Crippen molar-refractivity contribution in [3.05, 3.63) is 47.8 Å². The SMILES string of the molecule is CN(c1ccc2c(c1)OCC[C@H]2CNc1cnccc1C(=O)O)C1CCC(N2CCC2)CC1. The minimum absolute atomic E-state index is 0.248. The molecule has 0 amide bonds. The number of rotatable bonds is 7. The Bertz CT molecular complexity index is 985. The fourth-order valence-corrected chi connectivity index (χ4v) is 5.57. The van der Waals surface area contributed by atoms with E-state index in [4.69, 9.17) is 4.74 Å². The summed E-state index contributed by atoms with van der Waals surface area (Å²) >= 11 is 0. The molecule has 1 aliphatic carbocycles. The Labute approximate surface area is 195 Å². The fraction of sp³-hybridized carbons (Fsp3) is 0.538. The number of carboxylic acid groups (broad SMARTS) is 1. The van der Waals surface area contributed by atoms with Gasteiger partial charge in [-0.1, -0.05) is 6.07 Å². The molecule has 1 atom stereocenters. The number of hydrogen-bond acceptors (Lipinski definition) is 6. The summed E-state index contributed by atoms with van der Waals surface area (Å²) in [5, 5.41) is 12.7. The Morgan fingerprint density at radius 2 is 2.03 bits per heavy atom. The first-order chi connectivity index (χ1) is 16.1. The molecule has 1 saturated carbocycles. The molecule has 1 aromatic carbocycles. The second-order valence-electron chi connectivity index (χ2n) is 9.63. The lowest BCUT2D eigenvalue weighted by atomic mass is 9.87. The molecule has 1 aromatic heterocycles. The van der Waals surface area contributed by atoms with Gasteiger partial charge >= 0.3 is 5.97 Å². The number of carboxylic acids is 1. The molecule has 176 valence electrons. The number of hydrogen-bond donors (Lipinski definition) is 2. The summed E-state index contributed by atoms with van der Waals surface area (Å²) in [6.07, 6.45) is 10.5.